The summed E-state index contributed by atoms with van der Waals surface area (Å²) in [5.74, 6) is 0. The highest BCUT2D eigenvalue weighted by Crippen LogP contribution is 2.19. The van der Waals surface area contributed by atoms with Gasteiger partial charge in [-0.3, -0.25) is 0 Å². The third-order valence-corrected chi connectivity index (χ3v) is 2.20. The van der Waals surface area contributed by atoms with Crippen LogP contribution in [0.2, 0.25) is 0 Å². The molecule has 0 aliphatic heterocycles. The fourth-order valence-corrected chi connectivity index (χ4v) is 1.60. The van der Waals surface area contributed by atoms with Crippen molar-refractivity contribution < 1.29 is 0 Å². The second-order valence-corrected chi connectivity index (χ2v) is 2.87. The van der Waals surface area contributed by atoms with E-state index < -0.39 is 0 Å². The van der Waals surface area contributed by atoms with Gasteiger partial charge >= 0.3 is 0 Å². The minimum Gasteiger partial charge on any atom is -0.192 e. The highest BCUT2D eigenvalue weighted by molar-refractivity contribution is 7.00. The van der Waals surface area contributed by atoms with Crippen LogP contribution >= 0.6 is 11.7 Å². The van der Waals surface area contributed by atoms with Gasteiger partial charge in [0.15, 0.2) is 0 Å². The SMILES string of the molecule is N#Cc1ccc2nsnc2c1C#N. The fraction of sp³-hybridized carbons (Fsp3) is 0. The van der Waals surface area contributed by atoms with Crippen molar-refractivity contribution in [3.8, 4) is 12.1 Å². The maximum atomic E-state index is 8.80. The van der Waals surface area contributed by atoms with Gasteiger partial charge in [0, 0.05) is 0 Å². The van der Waals surface area contributed by atoms with E-state index in [0.717, 1.165) is 11.7 Å². The van der Waals surface area contributed by atoms with Crippen LogP contribution in [0.3, 0.4) is 0 Å². The van der Waals surface area contributed by atoms with E-state index in [9.17, 15) is 0 Å². The standard InChI is InChI=1S/C8H2N4S/c9-3-5-1-2-7-8(6(5)4-10)12-13-11-7/h1-2H. The molecule has 0 saturated heterocycles. The van der Waals surface area contributed by atoms with Crippen molar-refractivity contribution in [2.75, 3.05) is 0 Å². The largest absolute Gasteiger partial charge is 0.192 e. The van der Waals surface area contributed by atoms with Crippen LogP contribution in [0.5, 0.6) is 0 Å². The molecule has 4 nitrogen and oxygen atoms in total. The topological polar surface area (TPSA) is 73.4 Å². The van der Waals surface area contributed by atoms with E-state index in [2.05, 4.69) is 8.75 Å². The van der Waals surface area contributed by atoms with E-state index in [-0.39, 0.29) is 0 Å². The Morgan fingerprint density at radius 2 is 2.00 bits per heavy atom. The Balaban J connectivity index is 2.94. The first-order valence-electron chi connectivity index (χ1n) is 3.42. The summed E-state index contributed by atoms with van der Waals surface area (Å²) in [6.45, 7) is 0. The second-order valence-electron chi connectivity index (χ2n) is 2.34. The number of nitrogens with zero attached hydrogens (tertiary/aromatic N) is 4. The Hall–Kier alpha value is -1.98. The lowest BCUT2D eigenvalue weighted by Gasteiger charge is -1.92. The zero-order valence-corrected chi connectivity index (χ0v) is 7.17. The lowest BCUT2D eigenvalue weighted by molar-refractivity contribution is 1.44. The molecule has 0 atom stereocenters. The summed E-state index contributed by atoms with van der Waals surface area (Å²) in [7, 11) is 0. The molecule has 0 radical (unpaired) electrons. The van der Waals surface area contributed by atoms with Crippen LogP contribution in [-0.2, 0) is 0 Å². The molecule has 5 heteroatoms. The predicted octanol–water partition coefficient (Wildman–Crippen LogP) is 1.43. The molecule has 0 amide bonds. The van der Waals surface area contributed by atoms with Gasteiger partial charge in [-0.15, -0.1) is 0 Å². The van der Waals surface area contributed by atoms with Gasteiger partial charge in [0.1, 0.15) is 23.2 Å². The number of benzene rings is 1. The van der Waals surface area contributed by atoms with Crippen LogP contribution in [0.1, 0.15) is 11.1 Å². The zero-order valence-electron chi connectivity index (χ0n) is 6.35. The maximum Gasteiger partial charge on any atom is 0.123 e. The molecule has 0 aliphatic rings. The quantitative estimate of drug-likeness (QED) is 0.623. The molecule has 1 aromatic carbocycles. The van der Waals surface area contributed by atoms with Crippen molar-refractivity contribution in [2.24, 2.45) is 0 Å². The van der Waals surface area contributed by atoms with E-state index in [1.165, 1.54) is 0 Å². The molecule has 0 N–H and O–H groups in total. The summed E-state index contributed by atoms with van der Waals surface area (Å²) >= 11 is 1.04. The van der Waals surface area contributed by atoms with Gasteiger partial charge in [-0.05, 0) is 12.1 Å². The van der Waals surface area contributed by atoms with Crippen LogP contribution in [0.25, 0.3) is 11.0 Å². The van der Waals surface area contributed by atoms with Crippen molar-refractivity contribution in [1.29, 1.82) is 10.5 Å². The molecule has 13 heavy (non-hydrogen) atoms. The molecule has 0 spiro atoms. The van der Waals surface area contributed by atoms with Crippen LogP contribution in [0, 0.1) is 22.7 Å². The third kappa shape index (κ3) is 1.03. The number of hydrogen-bond donors (Lipinski definition) is 0. The predicted molar refractivity (Wildman–Crippen MR) is 46.8 cm³/mol. The van der Waals surface area contributed by atoms with E-state index in [4.69, 9.17) is 10.5 Å². The smallest absolute Gasteiger partial charge is 0.123 e. The van der Waals surface area contributed by atoms with Crippen molar-refractivity contribution in [3.05, 3.63) is 23.3 Å². The van der Waals surface area contributed by atoms with Gasteiger partial charge in [-0.25, -0.2) is 0 Å². The van der Waals surface area contributed by atoms with Crippen LogP contribution in [-0.4, -0.2) is 8.75 Å². The Labute approximate surface area is 78.0 Å². The molecule has 0 saturated carbocycles. The Bertz CT molecular complexity index is 543. The first kappa shape index (κ1) is 7.66. The summed E-state index contributed by atoms with van der Waals surface area (Å²) in [4.78, 5) is 0. The van der Waals surface area contributed by atoms with Gasteiger partial charge in [0.05, 0.1) is 22.9 Å². The Morgan fingerprint density at radius 3 is 2.69 bits per heavy atom. The van der Waals surface area contributed by atoms with Crippen molar-refractivity contribution in [2.45, 2.75) is 0 Å². The summed E-state index contributed by atoms with van der Waals surface area (Å²) in [6, 6.07) is 7.18. The molecule has 0 bridgehead atoms. The molecular weight excluding hydrogens is 184 g/mol. The first-order valence-corrected chi connectivity index (χ1v) is 4.15. The number of rotatable bonds is 0. The van der Waals surface area contributed by atoms with E-state index in [1.54, 1.807) is 12.1 Å². The normalized spacial score (nSPS) is 9.38. The highest BCUT2D eigenvalue weighted by Gasteiger charge is 2.09. The number of aromatic nitrogens is 2. The summed E-state index contributed by atoms with van der Waals surface area (Å²) < 4.78 is 7.93. The molecule has 0 unspecified atom stereocenters. The molecular formula is C8H2N4S. The monoisotopic (exact) mass is 186 g/mol. The Morgan fingerprint density at radius 1 is 1.15 bits per heavy atom. The van der Waals surface area contributed by atoms with Crippen molar-refractivity contribution >= 4 is 22.8 Å². The van der Waals surface area contributed by atoms with Gasteiger partial charge in [0.25, 0.3) is 0 Å². The van der Waals surface area contributed by atoms with Gasteiger partial charge in [-0.1, -0.05) is 0 Å². The number of nitriles is 2. The molecule has 0 fully saturated rings. The van der Waals surface area contributed by atoms with E-state index in [1.807, 2.05) is 12.1 Å². The number of hydrogen-bond acceptors (Lipinski definition) is 5. The van der Waals surface area contributed by atoms with E-state index in [0.29, 0.717) is 22.2 Å². The molecule has 60 valence electrons. The number of fused-ring (bicyclic) bond motifs is 1. The van der Waals surface area contributed by atoms with E-state index >= 15 is 0 Å². The molecule has 0 aliphatic carbocycles. The molecule has 2 aromatic rings. The van der Waals surface area contributed by atoms with Crippen LogP contribution < -0.4 is 0 Å². The van der Waals surface area contributed by atoms with Crippen LogP contribution in [0.15, 0.2) is 12.1 Å². The zero-order chi connectivity index (χ0) is 9.26. The van der Waals surface area contributed by atoms with Gasteiger partial charge in [0.2, 0.25) is 0 Å². The molecule has 1 aromatic heterocycles. The summed E-state index contributed by atoms with van der Waals surface area (Å²) in [5, 5.41) is 17.5. The lowest BCUT2D eigenvalue weighted by Crippen LogP contribution is -1.85. The minimum atomic E-state index is 0.314. The Kier molecular flexibility index (Phi) is 1.66. The second kappa shape index (κ2) is 2.81. The lowest BCUT2D eigenvalue weighted by atomic mass is 10.1. The average molecular weight is 186 g/mol. The average Bonchev–Trinajstić information content (AvgIpc) is 2.63. The van der Waals surface area contributed by atoms with Crippen molar-refractivity contribution in [3.63, 3.8) is 0 Å². The molecule has 2 rings (SSSR count). The van der Waals surface area contributed by atoms with Crippen LogP contribution in [0.4, 0.5) is 0 Å². The summed E-state index contributed by atoms with van der Waals surface area (Å²) in [5.41, 5.74) is 1.85. The first-order chi connectivity index (χ1) is 6.36. The van der Waals surface area contributed by atoms with Crippen molar-refractivity contribution in [1.82, 2.24) is 8.75 Å². The van der Waals surface area contributed by atoms with Gasteiger partial charge < -0.3 is 0 Å². The summed E-state index contributed by atoms with van der Waals surface area (Å²) in [6.07, 6.45) is 0. The molecule has 1 heterocycles. The fourth-order valence-electron chi connectivity index (χ4n) is 1.06. The minimum absolute atomic E-state index is 0.314. The maximum absolute atomic E-state index is 8.80. The highest BCUT2D eigenvalue weighted by atomic mass is 32.1. The third-order valence-electron chi connectivity index (χ3n) is 1.66. The van der Waals surface area contributed by atoms with Gasteiger partial charge in [-0.2, -0.15) is 19.3 Å².